The Morgan fingerprint density at radius 2 is 1.88 bits per heavy atom. The van der Waals surface area contributed by atoms with Gasteiger partial charge in [0.25, 0.3) is 0 Å². The molecule has 8 rings (SSSR count). The van der Waals surface area contributed by atoms with Crippen molar-refractivity contribution in [3.05, 3.63) is 72.3 Å². The number of nitrogens with one attached hydrogen (secondary N) is 1. The number of hydrogen-bond acceptors (Lipinski definition) is 10. The fraction of sp³-hybridized carbons (Fsp3) is 0.472. The van der Waals surface area contributed by atoms with E-state index >= 15 is 0 Å². The molecule has 4 fully saturated rings. The number of benzene rings is 2. The fourth-order valence-corrected chi connectivity index (χ4v) is 7.93. The van der Waals surface area contributed by atoms with Crippen LogP contribution < -0.4 is 20.0 Å². The highest BCUT2D eigenvalue weighted by Gasteiger charge is 2.49. The zero-order chi connectivity index (χ0) is 33.7. The fourth-order valence-electron chi connectivity index (χ4n) is 7.93. The summed E-state index contributed by atoms with van der Waals surface area (Å²) in [5.74, 6) is -0.165. The second kappa shape index (κ2) is 12.8. The largest absolute Gasteiger partial charge is 0.494 e. The van der Waals surface area contributed by atoms with Gasteiger partial charge in [0.05, 0.1) is 50.9 Å². The number of halogens is 2. The highest BCUT2D eigenvalue weighted by molar-refractivity contribution is 5.85. The van der Waals surface area contributed by atoms with Crippen molar-refractivity contribution in [1.29, 1.82) is 0 Å². The van der Waals surface area contributed by atoms with E-state index in [1.807, 2.05) is 24.1 Å². The average Bonchev–Trinajstić information content (AvgIpc) is 3.74. The van der Waals surface area contributed by atoms with Crippen LogP contribution in [0.3, 0.4) is 0 Å². The smallest absolute Gasteiger partial charge is 0.164 e. The van der Waals surface area contributed by atoms with Crippen molar-refractivity contribution in [2.75, 3.05) is 62.3 Å². The lowest BCUT2D eigenvalue weighted by molar-refractivity contribution is -0.107. The third-order valence-electron chi connectivity index (χ3n) is 11.0. The maximum absolute atomic E-state index is 14.8. The van der Waals surface area contributed by atoms with Crippen molar-refractivity contribution in [2.24, 2.45) is 12.5 Å². The Morgan fingerprint density at radius 1 is 1.06 bits per heavy atom. The van der Waals surface area contributed by atoms with E-state index in [1.165, 1.54) is 30.3 Å². The molecule has 3 aliphatic heterocycles. The van der Waals surface area contributed by atoms with Crippen LogP contribution in [0, 0.1) is 17.0 Å². The van der Waals surface area contributed by atoms with Gasteiger partial charge >= 0.3 is 0 Å². The number of hydrogen-bond donors (Lipinski definition) is 1. The first kappa shape index (κ1) is 31.9. The third kappa shape index (κ3) is 5.97. The number of methoxy groups -OCH3 is 1. The summed E-state index contributed by atoms with van der Waals surface area (Å²) < 4.78 is 42.0. The highest BCUT2D eigenvalue weighted by atomic mass is 19.2. The Bertz CT molecular complexity index is 1820. The van der Waals surface area contributed by atoms with Gasteiger partial charge in [-0.1, -0.05) is 12.1 Å². The van der Waals surface area contributed by atoms with Gasteiger partial charge in [-0.15, -0.1) is 0 Å². The van der Waals surface area contributed by atoms with Crippen molar-refractivity contribution in [3.8, 4) is 16.9 Å². The van der Waals surface area contributed by atoms with E-state index in [0.717, 1.165) is 67.7 Å². The molecular formula is C36H42F2N8O3. The molecule has 11 nitrogen and oxygen atoms in total. The molecule has 3 saturated heterocycles. The molecule has 0 unspecified atom stereocenters. The van der Waals surface area contributed by atoms with Gasteiger partial charge in [0.2, 0.25) is 0 Å². The first-order valence-corrected chi connectivity index (χ1v) is 17.0. The summed E-state index contributed by atoms with van der Waals surface area (Å²) in [5, 5.41) is 9.42. The van der Waals surface area contributed by atoms with Gasteiger partial charge in [0.15, 0.2) is 17.5 Å². The molecule has 1 atom stereocenters. The first-order chi connectivity index (χ1) is 23.8. The SMILES string of the molecule is COc1cc(N2CCC3(CC2)CC(N(C)C2COC2)C3)c(-c2cnn(C)c2)cc1Nc1cc(N2OCC[C@@H]2c2cccc(F)c2F)ncn1. The molecule has 0 radical (unpaired) electrons. The van der Waals surface area contributed by atoms with Gasteiger partial charge in [-0.3, -0.25) is 14.4 Å². The van der Waals surface area contributed by atoms with Crippen LogP contribution in [0.5, 0.6) is 5.75 Å². The van der Waals surface area contributed by atoms with Crippen LogP contribution in [-0.2, 0) is 16.6 Å². The Morgan fingerprint density at radius 3 is 2.59 bits per heavy atom. The van der Waals surface area contributed by atoms with Crippen molar-refractivity contribution < 1.29 is 23.1 Å². The van der Waals surface area contributed by atoms with Crippen LogP contribution in [0.1, 0.15) is 43.7 Å². The predicted octanol–water partition coefficient (Wildman–Crippen LogP) is 5.87. The summed E-state index contributed by atoms with van der Waals surface area (Å²) in [6, 6.07) is 10.8. The Kier molecular flexibility index (Phi) is 8.37. The summed E-state index contributed by atoms with van der Waals surface area (Å²) >= 11 is 0. The lowest BCUT2D eigenvalue weighted by Crippen LogP contribution is -2.59. The van der Waals surface area contributed by atoms with E-state index in [-0.39, 0.29) is 5.56 Å². The Labute approximate surface area is 284 Å². The van der Waals surface area contributed by atoms with Gasteiger partial charge < -0.3 is 19.7 Å². The molecule has 49 heavy (non-hydrogen) atoms. The van der Waals surface area contributed by atoms with Gasteiger partial charge in [-0.05, 0) is 50.3 Å². The number of hydroxylamine groups is 1. The molecule has 2 aromatic heterocycles. The molecule has 1 spiro atoms. The summed E-state index contributed by atoms with van der Waals surface area (Å²) in [4.78, 5) is 19.8. The lowest BCUT2D eigenvalue weighted by atomic mass is 9.60. The molecule has 4 aliphatic rings. The maximum Gasteiger partial charge on any atom is 0.164 e. The Balaban J connectivity index is 1.04. The third-order valence-corrected chi connectivity index (χ3v) is 11.0. The maximum atomic E-state index is 14.8. The minimum atomic E-state index is -0.891. The molecule has 0 amide bonds. The van der Waals surface area contributed by atoms with E-state index in [0.29, 0.717) is 47.9 Å². The number of aryl methyl sites for hydroxylation is 1. The second-order valence-corrected chi connectivity index (χ2v) is 13.9. The molecular weight excluding hydrogens is 630 g/mol. The summed E-state index contributed by atoms with van der Waals surface area (Å²) in [5.41, 5.74) is 4.53. The molecule has 2 aromatic carbocycles. The molecule has 5 heterocycles. The van der Waals surface area contributed by atoms with E-state index in [2.05, 4.69) is 49.4 Å². The molecule has 0 bridgehead atoms. The van der Waals surface area contributed by atoms with Gasteiger partial charge in [0.1, 0.15) is 17.9 Å². The van der Waals surface area contributed by atoms with Crippen LogP contribution >= 0.6 is 0 Å². The monoisotopic (exact) mass is 672 g/mol. The highest BCUT2D eigenvalue weighted by Crippen LogP contribution is 2.52. The number of rotatable bonds is 9. The van der Waals surface area contributed by atoms with Crippen LogP contribution in [-0.4, -0.2) is 83.8 Å². The second-order valence-electron chi connectivity index (χ2n) is 13.9. The van der Waals surface area contributed by atoms with Gasteiger partial charge in [0, 0.05) is 73.3 Å². The summed E-state index contributed by atoms with van der Waals surface area (Å²) in [6.45, 7) is 4.03. The summed E-state index contributed by atoms with van der Waals surface area (Å²) in [7, 11) is 5.84. The van der Waals surface area contributed by atoms with E-state index in [4.69, 9.17) is 14.3 Å². The minimum absolute atomic E-state index is 0.223. The predicted molar refractivity (Wildman–Crippen MR) is 182 cm³/mol. The number of anilines is 4. The van der Waals surface area contributed by atoms with E-state index in [9.17, 15) is 8.78 Å². The standard InChI is InChI=1S/C36H42F2N8O3/c1-43-19-23(18-41-43)27-13-29(42-33-15-34(40-22-39-33)46-30(7-12-49-46)26-5-4-6-28(37)35(26)38)32(47-3)14-31(27)45-10-8-36(9-11-45)16-24(17-36)44(2)25-20-48-21-25/h4-6,13-15,18-19,22,24-25,30H,7-12,16-17,20-21H2,1-3H3,(H,39,40,42)/t30-/m1/s1. The molecule has 258 valence electrons. The van der Waals surface area contributed by atoms with E-state index < -0.39 is 17.7 Å². The van der Waals surface area contributed by atoms with Gasteiger partial charge in [-0.25, -0.2) is 23.8 Å². The zero-order valence-electron chi connectivity index (χ0n) is 28.1. The number of aromatic nitrogens is 4. The number of piperidine rings is 1. The van der Waals surface area contributed by atoms with Crippen molar-refractivity contribution in [2.45, 2.75) is 50.2 Å². The molecule has 4 aromatic rings. The van der Waals surface area contributed by atoms with Crippen LogP contribution in [0.25, 0.3) is 11.1 Å². The van der Waals surface area contributed by atoms with Crippen LogP contribution in [0.4, 0.5) is 31.8 Å². The zero-order valence-corrected chi connectivity index (χ0v) is 28.1. The van der Waals surface area contributed by atoms with Crippen molar-refractivity contribution in [3.63, 3.8) is 0 Å². The van der Waals surface area contributed by atoms with Crippen molar-refractivity contribution in [1.82, 2.24) is 24.6 Å². The number of likely N-dealkylation sites (N-methyl/N-ethyl adjacent to an activating group) is 1. The van der Waals surface area contributed by atoms with Crippen LogP contribution in [0.15, 0.2) is 55.1 Å². The normalized spacial score (nSPS) is 20.9. The van der Waals surface area contributed by atoms with Crippen LogP contribution in [0.2, 0.25) is 0 Å². The quantitative estimate of drug-likeness (QED) is 0.233. The molecule has 13 heteroatoms. The molecule has 1 N–H and O–H groups in total. The van der Waals surface area contributed by atoms with Crippen molar-refractivity contribution >= 4 is 23.0 Å². The topological polar surface area (TPSA) is 93.0 Å². The number of ether oxygens (including phenoxy) is 2. The van der Waals surface area contributed by atoms with E-state index in [1.54, 1.807) is 19.2 Å². The first-order valence-electron chi connectivity index (χ1n) is 17.0. The lowest BCUT2D eigenvalue weighted by Gasteiger charge is -2.57. The summed E-state index contributed by atoms with van der Waals surface area (Å²) in [6.07, 6.45) is 10.7. The number of nitrogens with zero attached hydrogens (tertiary/aromatic N) is 7. The average molecular weight is 673 g/mol. The molecule has 1 saturated carbocycles. The Hall–Kier alpha value is -4.33. The minimum Gasteiger partial charge on any atom is -0.494 e. The van der Waals surface area contributed by atoms with Gasteiger partial charge in [-0.2, -0.15) is 5.10 Å². The molecule has 1 aliphatic carbocycles.